The van der Waals surface area contributed by atoms with Crippen LogP contribution in [0.15, 0.2) is 24.3 Å². The Morgan fingerprint density at radius 1 is 1.30 bits per heavy atom. The van der Waals surface area contributed by atoms with Gasteiger partial charge in [-0.2, -0.15) is 0 Å². The van der Waals surface area contributed by atoms with Gasteiger partial charge in [-0.3, -0.25) is 0 Å². The summed E-state index contributed by atoms with van der Waals surface area (Å²) in [6, 6.07) is 7.77. The molecule has 1 atom stereocenters. The molecule has 1 aliphatic carbocycles. The van der Waals surface area contributed by atoms with E-state index in [4.69, 9.17) is 0 Å². The summed E-state index contributed by atoms with van der Waals surface area (Å²) in [6.07, 6.45) is 3.51. The average molecular weight is 296 g/mol. The standard InChI is InChI=1S/C15H24N2O2S/c1-12(15-7-4-8-15)17-20(18,19)11-14-6-3-5-13(9-14)10-16-2/h3,5-6,9,12,15-17H,4,7-8,10-11H2,1-2H3. The average Bonchev–Trinajstić information content (AvgIpc) is 2.25. The molecule has 1 unspecified atom stereocenters. The molecule has 0 spiro atoms. The molecule has 4 nitrogen and oxygen atoms in total. The quantitative estimate of drug-likeness (QED) is 0.809. The highest BCUT2D eigenvalue weighted by atomic mass is 32.2. The predicted molar refractivity (Wildman–Crippen MR) is 81.8 cm³/mol. The SMILES string of the molecule is CNCc1cccc(CS(=O)(=O)NC(C)C2CCC2)c1. The van der Waals surface area contributed by atoms with Gasteiger partial charge in [0, 0.05) is 12.6 Å². The van der Waals surface area contributed by atoms with Crippen LogP contribution in [0.2, 0.25) is 0 Å². The van der Waals surface area contributed by atoms with Crippen LogP contribution in [0.25, 0.3) is 0 Å². The van der Waals surface area contributed by atoms with Crippen molar-refractivity contribution in [3.05, 3.63) is 35.4 Å². The molecular weight excluding hydrogens is 272 g/mol. The maximum Gasteiger partial charge on any atom is 0.216 e. The summed E-state index contributed by atoms with van der Waals surface area (Å²) < 4.78 is 27.2. The number of nitrogens with one attached hydrogen (secondary N) is 2. The van der Waals surface area contributed by atoms with E-state index in [0.717, 1.165) is 30.5 Å². The topological polar surface area (TPSA) is 58.2 Å². The zero-order valence-corrected chi connectivity index (χ0v) is 13.0. The van der Waals surface area contributed by atoms with Crippen molar-refractivity contribution in [1.29, 1.82) is 0 Å². The van der Waals surface area contributed by atoms with Crippen molar-refractivity contribution in [3.63, 3.8) is 0 Å². The highest BCUT2D eigenvalue weighted by Crippen LogP contribution is 2.29. The van der Waals surface area contributed by atoms with Crippen LogP contribution in [0.3, 0.4) is 0 Å². The van der Waals surface area contributed by atoms with Gasteiger partial charge in [0.25, 0.3) is 0 Å². The van der Waals surface area contributed by atoms with Gasteiger partial charge in [0.05, 0.1) is 5.75 Å². The summed E-state index contributed by atoms with van der Waals surface area (Å²) in [4.78, 5) is 0. The van der Waals surface area contributed by atoms with Gasteiger partial charge in [0.15, 0.2) is 0 Å². The van der Waals surface area contributed by atoms with Crippen molar-refractivity contribution in [2.24, 2.45) is 5.92 Å². The number of hydrogen-bond acceptors (Lipinski definition) is 3. The van der Waals surface area contributed by atoms with Crippen molar-refractivity contribution in [1.82, 2.24) is 10.0 Å². The Labute approximate surface area is 122 Å². The summed E-state index contributed by atoms with van der Waals surface area (Å²) >= 11 is 0. The second kappa shape index (κ2) is 6.70. The van der Waals surface area contributed by atoms with Gasteiger partial charge >= 0.3 is 0 Å². The molecule has 0 amide bonds. The Balaban J connectivity index is 1.98. The van der Waals surface area contributed by atoms with E-state index < -0.39 is 10.0 Å². The second-order valence-corrected chi connectivity index (χ2v) is 7.46. The van der Waals surface area contributed by atoms with E-state index in [2.05, 4.69) is 10.0 Å². The Kier molecular flexibility index (Phi) is 5.18. The lowest BCUT2D eigenvalue weighted by atomic mass is 9.81. The van der Waals surface area contributed by atoms with Gasteiger partial charge in [0.2, 0.25) is 10.0 Å². The van der Waals surface area contributed by atoms with Crippen molar-refractivity contribution in [2.45, 2.75) is 44.5 Å². The van der Waals surface area contributed by atoms with Crippen LogP contribution in [0.4, 0.5) is 0 Å². The fourth-order valence-electron chi connectivity index (χ4n) is 2.61. The van der Waals surface area contributed by atoms with E-state index in [1.54, 1.807) is 0 Å². The Hall–Kier alpha value is -0.910. The lowest BCUT2D eigenvalue weighted by Gasteiger charge is -2.31. The molecule has 1 aromatic carbocycles. The summed E-state index contributed by atoms with van der Waals surface area (Å²) in [6.45, 7) is 2.72. The molecule has 0 radical (unpaired) electrons. The van der Waals surface area contributed by atoms with Crippen LogP contribution in [0.1, 0.15) is 37.3 Å². The molecule has 0 saturated heterocycles. The molecule has 0 heterocycles. The van der Waals surface area contributed by atoms with Gasteiger partial charge in [-0.05, 0) is 43.9 Å². The van der Waals surface area contributed by atoms with Crippen LogP contribution < -0.4 is 10.0 Å². The van der Waals surface area contributed by atoms with Crippen LogP contribution >= 0.6 is 0 Å². The van der Waals surface area contributed by atoms with Gasteiger partial charge in [-0.1, -0.05) is 30.7 Å². The molecule has 2 N–H and O–H groups in total. The molecule has 1 aliphatic rings. The summed E-state index contributed by atoms with van der Waals surface area (Å²) in [5.74, 6) is 0.571. The van der Waals surface area contributed by atoms with Crippen LogP contribution in [-0.2, 0) is 22.3 Å². The molecule has 2 rings (SSSR count). The monoisotopic (exact) mass is 296 g/mol. The van der Waals surface area contributed by atoms with Crippen molar-refractivity contribution < 1.29 is 8.42 Å². The second-order valence-electron chi connectivity index (χ2n) is 5.71. The van der Waals surface area contributed by atoms with Crippen molar-refractivity contribution in [2.75, 3.05) is 7.05 Å². The maximum atomic E-state index is 12.2. The smallest absolute Gasteiger partial charge is 0.216 e. The lowest BCUT2D eigenvalue weighted by molar-refractivity contribution is 0.260. The molecule has 1 saturated carbocycles. The minimum Gasteiger partial charge on any atom is -0.316 e. The summed E-state index contributed by atoms with van der Waals surface area (Å²) in [5, 5.41) is 3.07. The Bertz CT molecular complexity index is 539. The fourth-order valence-corrected chi connectivity index (χ4v) is 4.07. The molecule has 0 aromatic heterocycles. The van der Waals surface area contributed by atoms with Crippen molar-refractivity contribution >= 4 is 10.0 Å². The van der Waals surface area contributed by atoms with Crippen molar-refractivity contribution in [3.8, 4) is 0 Å². The van der Waals surface area contributed by atoms with E-state index >= 15 is 0 Å². The third kappa shape index (κ3) is 4.30. The van der Waals surface area contributed by atoms with Crippen LogP contribution in [-0.4, -0.2) is 21.5 Å². The van der Waals surface area contributed by atoms with E-state index in [0.29, 0.717) is 5.92 Å². The van der Waals surface area contributed by atoms with Gasteiger partial charge < -0.3 is 5.32 Å². The molecule has 5 heteroatoms. The first kappa shape index (κ1) is 15.5. The van der Waals surface area contributed by atoms with Crippen LogP contribution in [0, 0.1) is 5.92 Å². The van der Waals surface area contributed by atoms with Gasteiger partial charge in [0.1, 0.15) is 0 Å². The lowest BCUT2D eigenvalue weighted by Crippen LogP contribution is -2.41. The third-order valence-corrected chi connectivity index (χ3v) is 5.40. The third-order valence-electron chi connectivity index (χ3n) is 3.95. The predicted octanol–water partition coefficient (Wildman–Crippen LogP) is 2.01. The van der Waals surface area contributed by atoms with E-state index in [1.165, 1.54) is 6.42 Å². The molecule has 0 aliphatic heterocycles. The normalized spacial score (nSPS) is 17.7. The van der Waals surface area contributed by atoms with E-state index in [-0.39, 0.29) is 11.8 Å². The molecule has 1 fully saturated rings. The first-order chi connectivity index (χ1) is 9.50. The minimum atomic E-state index is -3.26. The zero-order valence-electron chi connectivity index (χ0n) is 12.2. The largest absolute Gasteiger partial charge is 0.316 e. The number of rotatable bonds is 7. The number of benzene rings is 1. The van der Waals surface area contributed by atoms with Gasteiger partial charge in [-0.25, -0.2) is 13.1 Å². The molecule has 1 aromatic rings. The molecule has 112 valence electrons. The Morgan fingerprint density at radius 3 is 2.60 bits per heavy atom. The van der Waals surface area contributed by atoms with E-state index in [1.807, 2.05) is 38.2 Å². The number of sulfonamides is 1. The van der Waals surface area contributed by atoms with Gasteiger partial charge in [-0.15, -0.1) is 0 Å². The van der Waals surface area contributed by atoms with Crippen LogP contribution in [0.5, 0.6) is 0 Å². The molecule has 0 bridgehead atoms. The highest BCUT2D eigenvalue weighted by molar-refractivity contribution is 7.88. The highest BCUT2D eigenvalue weighted by Gasteiger charge is 2.27. The minimum absolute atomic E-state index is 0.0502. The van der Waals surface area contributed by atoms with E-state index in [9.17, 15) is 8.42 Å². The summed E-state index contributed by atoms with van der Waals surface area (Å²) in [5.41, 5.74) is 1.94. The first-order valence-electron chi connectivity index (χ1n) is 7.22. The zero-order chi connectivity index (χ0) is 14.6. The number of hydrogen-bond donors (Lipinski definition) is 2. The fraction of sp³-hybridized carbons (Fsp3) is 0.600. The first-order valence-corrected chi connectivity index (χ1v) is 8.88. The molecular formula is C15H24N2O2S. The maximum absolute atomic E-state index is 12.2. The Morgan fingerprint density at radius 2 is 2.00 bits per heavy atom. The summed E-state index contributed by atoms with van der Waals surface area (Å²) in [7, 11) is -1.38. The molecule has 20 heavy (non-hydrogen) atoms.